The second-order valence-electron chi connectivity index (χ2n) is 0.646. The Balaban J connectivity index is -0.0000000910. The van der Waals surface area contributed by atoms with Gasteiger partial charge in [-0.1, -0.05) is 0 Å². The maximum absolute atomic E-state index is 9.69. The normalized spacial score (nSPS) is 9.40. The fourth-order valence-electron chi connectivity index (χ4n) is 0. The van der Waals surface area contributed by atoms with Crippen molar-refractivity contribution in [3.8, 4) is 0 Å². The Bertz CT molecular complexity index is 115. The third-order valence-electron chi connectivity index (χ3n) is 0. The Labute approximate surface area is 98.0 Å². The maximum atomic E-state index is 9.69. The third kappa shape index (κ3) is 395. The molecule has 0 rings (SSSR count). The van der Waals surface area contributed by atoms with Gasteiger partial charge in [-0.05, 0) is 0 Å². The molecule has 0 aliphatic heterocycles. The Morgan fingerprint density at radius 1 is 1.10 bits per heavy atom. The predicted molar refractivity (Wildman–Crippen MR) is 18.5 cm³/mol. The van der Waals surface area contributed by atoms with Gasteiger partial charge in [0.15, 0.2) is 0 Å². The molecule has 0 unspecified atom stereocenters. The van der Waals surface area contributed by atoms with E-state index in [-0.39, 0.29) is 51.4 Å². The van der Waals surface area contributed by atoms with E-state index >= 15 is 0 Å². The summed E-state index contributed by atoms with van der Waals surface area (Å²) in [5.74, 6) is 0. The second kappa shape index (κ2) is 8.36. The van der Waals surface area contributed by atoms with Crippen LogP contribution in [0.1, 0.15) is 0 Å². The Morgan fingerprint density at radius 2 is 1.10 bits per heavy atom. The minimum absolute atomic E-state index is 0. The summed E-state index contributed by atoms with van der Waals surface area (Å²) < 4.78 is 62.8. The fourth-order valence-corrected chi connectivity index (χ4v) is 0. The first-order chi connectivity index (χ1) is 3.73. The van der Waals surface area contributed by atoms with Gasteiger partial charge in [-0.15, -0.1) is 17.6 Å². The van der Waals surface area contributed by atoms with Crippen LogP contribution in [0.3, 0.4) is 0 Å². The summed E-state index contributed by atoms with van der Waals surface area (Å²) in [6.45, 7) is 0. The Hall–Kier alpha value is 1.27. The van der Waals surface area contributed by atoms with Gasteiger partial charge in [-0.2, -0.15) is 0 Å². The molecule has 0 atom stereocenters. The molecule has 3 nitrogen and oxygen atoms in total. The van der Waals surface area contributed by atoms with Crippen LogP contribution >= 0.6 is 0 Å². The molecule has 0 aromatic rings. The quantitative estimate of drug-likeness (QED) is 0.169. The molecule has 58 valence electrons. The summed E-state index contributed by atoms with van der Waals surface area (Å²) in [6.07, 6.45) is -5.50. The van der Waals surface area contributed by atoms with Crippen LogP contribution in [0.25, 0.3) is 0 Å². The summed E-state index contributed by atoms with van der Waals surface area (Å²) in [6, 6.07) is 0. The average Bonchev–Trinajstić information content (AvgIpc) is 1.19. The number of halogens is 4. The zero-order valence-electron chi connectivity index (χ0n) is 4.68. The number of rotatable bonds is 0. The molecule has 0 amide bonds. The molecule has 0 saturated carbocycles. The molecular formula is CHF4KO3S. The van der Waals surface area contributed by atoms with Gasteiger partial charge in [0.05, 0.1) is 0 Å². The summed E-state index contributed by atoms with van der Waals surface area (Å²) in [4.78, 5) is 0. The summed E-state index contributed by atoms with van der Waals surface area (Å²) in [5, 5.41) is 0. The van der Waals surface area contributed by atoms with Gasteiger partial charge in [0, 0.05) is 11.0 Å². The van der Waals surface area contributed by atoms with E-state index in [9.17, 15) is 17.6 Å². The van der Waals surface area contributed by atoms with Crippen molar-refractivity contribution in [1.82, 2.24) is 0 Å². The van der Waals surface area contributed by atoms with E-state index in [2.05, 4.69) is 0 Å². The van der Waals surface area contributed by atoms with Crippen molar-refractivity contribution in [3.05, 3.63) is 0 Å². The van der Waals surface area contributed by atoms with Crippen molar-refractivity contribution in [2.24, 2.45) is 0 Å². The summed E-state index contributed by atoms with van der Waals surface area (Å²) >= 11 is 0. The van der Waals surface area contributed by atoms with Gasteiger partial charge in [0.1, 0.15) is 0 Å². The van der Waals surface area contributed by atoms with Crippen molar-refractivity contribution in [3.63, 3.8) is 0 Å². The third-order valence-corrected chi connectivity index (χ3v) is 0. The first-order valence-corrected chi connectivity index (χ1v) is 2.30. The van der Waals surface area contributed by atoms with Crippen molar-refractivity contribution < 1.29 is 81.9 Å². The van der Waals surface area contributed by atoms with Gasteiger partial charge in [0.2, 0.25) is 0 Å². The molecule has 9 heteroatoms. The molecule has 1 N–H and O–H groups in total. The standard InChI is InChI=1S/CF4.K.HO3S/c2-1(3,4)5;;1-4(2)3/h;;(H,1,2,3)/q;+1;-1. The van der Waals surface area contributed by atoms with E-state index in [1.54, 1.807) is 0 Å². The second-order valence-corrected chi connectivity index (χ2v) is 1.08. The monoisotopic (exact) mass is 208 g/mol. The van der Waals surface area contributed by atoms with Crippen molar-refractivity contribution in [1.29, 1.82) is 0 Å². The number of hydrogen-bond acceptors (Lipinski definition) is 3. The van der Waals surface area contributed by atoms with Crippen LogP contribution in [-0.2, 0) is 19.4 Å². The van der Waals surface area contributed by atoms with E-state index in [1.807, 2.05) is 0 Å². The first-order valence-electron chi connectivity index (χ1n) is 1.27. The van der Waals surface area contributed by atoms with E-state index in [0.717, 1.165) is 0 Å². The molecule has 0 aromatic heterocycles. The van der Waals surface area contributed by atoms with E-state index in [0.29, 0.717) is 0 Å². The number of hydrogen-bond donors (Lipinski definition) is 1. The van der Waals surface area contributed by atoms with Crippen molar-refractivity contribution in [2.75, 3.05) is 0 Å². The van der Waals surface area contributed by atoms with E-state index in [4.69, 9.17) is 13.0 Å². The topological polar surface area (TPSA) is 54.4 Å². The molecule has 0 radical (unpaired) electrons. The minimum Gasteiger partial charge on any atom is -0.439 e. The predicted octanol–water partition coefficient (Wildman–Crippen LogP) is -1.75. The maximum Gasteiger partial charge on any atom is 1.00 e. The van der Waals surface area contributed by atoms with Crippen LogP contribution in [0.4, 0.5) is 17.6 Å². The van der Waals surface area contributed by atoms with Crippen LogP contribution in [0.15, 0.2) is 0 Å². The average molecular weight is 208 g/mol. The van der Waals surface area contributed by atoms with Crippen molar-refractivity contribution in [2.45, 2.75) is 6.43 Å². The Kier molecular flexibility index (Phi) is 14.5. The van der Waals surface area contributed by atoms with E-state index < -0.39 is 17.4 Å². The molecule has 10 heavy (non-hydrogen) atoms. The molecule has 0 spiro atoms. The van der Waals surface area contributed by atoms with Crippen LogP contribution in [0, 0.1) is 0 Å². The Morgan fingerprint density at radius 3 is 1.10 bits per heavy atom. The van der Waals surface area contributed by atoms with Gasteiger partial charge in [-0.25, -0.2) is 0 Å². The van der Waals surface area contributed by atoms with E-state index in [1.165, 1.54) is 0 Å². The fraction of sp³-hybridized carbons (Fsp3) is 1.00. The molecule has 0 aliphatic rings. The first kappa shape index (κ1) is 17.4. The van der Waals surface area contributed by atoms with Gasteiger partial charge < -0.3 is 13.0 Å². The molecule has 0 saturated heterocycles. The molecular weight excluding hydrogens is 207 g/mol. The summed E-state index contributed by atoms with van der Waals surface area (Å²) in [7, 11) is -2.86. The summed E-state index contributed by atoms with van der Waals surface area (Å²) in [5.41, 5.74) is 0. The van der Waals surface area contributed by atoms with Gasteiger partial charge in [-0.3, -0.25) is 0 Å². The zero-order chi connectivity index (χ0) is 8.08. The molecule has 0 aromatic carbocycles. The van der Waals surface area contributed by atoms with Crippen molar-refractivity contribution >= 4 is 11.0 Å². The van der Waals surface area contributed by atoms with Gasteiger partial charge >= 0.3 is 57.8 Å². The smallest absolute Gasteiger partial charge is 0.439 e. The van der Waals surface area contributed by atoms with Crippen LogP contribution < -0.4 is 51.4 Å². The molecule has 0 fully saturated rings. The largest absolute Gasteiger partial charge is 1.00 e. The minimum atomic E-state index is -5.50. The SMILES string of the molecule is FC(F)(F)F.O=[S-](=O)O.[K+]. The van der Waals surface area contributed by atoms with Gasteiger partial charge in [0.25, 0.3) is 0 Å². The number of alkyl halides is 4. The zero-order valence-corrected chi connectivity index (χ0v) is 8.62. The molecule has 0 heterocycles. The van der Waals surface area contributed by atoms with Crippen LogP contribution in [0.2, 0.25) is 0 Å². The van der Waals surface area contributed by atoms with Crippen LogP contribution in [0.5, 0.6) is 0 Å². The molecule has 0 aliphatic carbocycles. The molecule has 0 bridgehead atoms. The van der Waals surface area contributed by atoms with Crippen LogP contribution in [-0.4, -0.2) is 11.0 Å².